The van der Waals surface area contributed by atoms with Crippen molar-refractivity contribution < 1.29 is 0 Å². The summed E-state index contributed by atoms with van der Waals surface area (Å²) in [4.78, 5) is 0.819. The second kappa shape index (κ2) is 3.95. The van der Waals surface area contributed by atoms with Gasteiger partial charge in [0.25, 0.3) is 0 Å². The van der Waals surface area contributed by atoms with Crippen LogP contribution in [-0.4, -0.2) is 19.8 Å². The van der Waals surface area contributed by atoms with E-state index in [1.807, 2.05) is 6.07 Å². The number of hydrogen-bond donors (Lipinski definition) is 0. The Morgan fingerprint density at radius 1 is 1.38 bits per heavy atom. The lowest BCUT2D eigenvalue weighted by Crippen LogP contribution is -1.83. The number of rotatable bonds is 2. The van der Waals surface area contributed by atoms with Crippen LogP contribution in [0.25, 0.3) is 15.5 Å². The van der Waals surface area contributed by atoms with E-state index in [0.717, 1.165) is 20.9 Å². The van der Waals surface area contributed by atoms with Crippen LogP contribution >= 0.6 is 27.3 Å². The Morgan fingerprint density at radius 2 is 2.31 bits per heavy atom. The molecular formula is C10H7BrN4S. The largest absolute Gasteiger partial charge is 0.234 e. The first-order chi connectivity index (χ1) is 7.86. The predicted molar refractivity (Wildman–Crippen MR) is 66.7 cm³/mol. The predicted octanol–water partition coefficient (Wildman–Crippen LogP) is 2.75. The molecular weight excluding hydrogens is 288 g/mol. The molecule has 0 bridgehead atoms. The molecule has 0 fully saturated rings. The minimum atomic E-state index is 0.819. The van der Waals surface area contributed by atoms with Crippen molar-refractivity contribution in [1.29, 1.82) is 0 Å². The molecule has 0 saturated carbocycles. The fraction of sp³-hybridized carbons (Fsp3) is 0.100. The Bertz CT molecular complexity index is 602. The zero-order valence-electron chi connectivity index (χ0n) is 8.17. The van der Waals surface area contributed by atoms with Crippen molar-refractivity contribution in [2.75, 3.05) is 0 Å². The van der Waals surface area contributed by atoms with E-state index in [2.05, 4.69) is 49.4 Å². The highest BCUT2D eigenvalue weighted by molar-refractivity contribution is 9.08. The molecule has 80 valence electrons. The van der Waals surface area contributed by atoms with Gasteiger partial charge < -0.3 is 0 Å². The summed E-state index contributed by atoms with van der Waals surface area (Å²) < 4.78 is 1.70. The van der Waals surface area contributed by atoms with Gasteiger partial charge in [-0.3, -0.25) is 0 Å². The molecule has 0 unspecified atom stereocenters. The van der Waals surface area contributed by atoms with Gasteiger partial charge in [-0.25, -0.2) is 0 Å². The highest BCUT2D eigenvalue weighted by Crippen LogP contribution is 2.25. The molecule has 0 spiro atoms. The Hall–Kier alpha value is -1.27. The maximum atomic E-state index is 4.41. The van der Waals surface area contributed by atoms with Crippen LogP contribution in [0.5, 0.6) is 0 Å². The quantitative estimate of drug-likeness (QED) is 0.683. The van der Waals surface area contributed by atoms with Crippen LogP contribution in [0.3, 0.4) is 0 Å². The molecule has 2 heterocycles. The van der Waals surface area contributed by atoms with Crippen LogP contribution in [0, 0.1) is 0 Å². The van der Waals surface area contributed by atoms with Crippen molar-refractivity contribution in [3.05, 3.63) is 36.2 Å². The molecule has 0 atom stereocenters. The van der Waals surface area contributed by atoms with Crippen molar-refractivity contribution in [2.45, 2.75) is 5.33 Å². The summed E-state index contributed by atoms with van der Waals surface area (Å²) in [5.41, 5.74) is 2.36. The average molecular weight is 295 g/mol. The topological polar surface area (TPSA) is 43.1 Å². The highest BCUT2D eigenvalue weighted by Gasteiger charge is 2.07. The molecule has 1 aromatic carbocycles. The maximum Gasteiger partial charge on any atom is 0.234 e. The van der Waals surface area contributed by atoms with Crippen LogP contribution in [0.1, 0.15) is 5.56 Å². The van der Waals surface area contributed by atoms with Gasteiger partial charge in [-0.2, -0.15) is 9.61 Å². The summed E-state index contributed by atoms with van der Waals surface area (Å²) in [6.07, 6.45) is 1.61. The van der Waals surface area contributed by atoms with Crippen molar-refractivity contribution in [1.82, 2.24) is 19.8 Å². The lowest BCUT2D eigenvalue weighted by Gasteiger charge is -1.98. The molecule has 0 aliphatic rings. The number of nitrogens with zero attached hydrogens (tertiary/aromatic N) is 4. The molecule has 0 N–H and O–H groups in total. The van der Waals surface area contributed by atoms with E-state index in [1.54, 1.807) is 10.8 Å². The van der Waals surface area contributed by atoms with Gasteiger partial charge in [0.15, 0.2) is 0 Å². The molecule has 2 aromatic heterocycles. The van der Waals surface area contributed by atoms with Crippen LogP contribution in [0.4, 0.5) is 0 Å². The maximum absolute atomic E-state index is 4.41. The third kappa shape index (κ3) is 1.64. The monoisotopic (exact) mass is 294 g/mol. The number of alkyl halides is 1. The average Bonchev–Trinajstić information content (AvgIpc) is 2.89. The number of hydrogen-bond acceptors (Lipinski definition) is 4. The fourth-order valence-corrected chi connectivity index (χ4v) is 2.63. The minimum absolute atomic E-state index is 0.819. The minimum Gasteiger partial charge on any atom is -0.190 e. The van der Waals surface area contributed by atoms with E-state index < -0.39 is 0 Å². The molecule has 0 radical (unpaired) electrons. The van der Waals surface area contributed by atoms with Gasteiger partial charge in [-0.1, -0.05) is 45.5 Å². The fourth-order valence-electron chi connectivity index (χ4n) is 1.46. The smallest absolute Gasteiger partial charge is 0.190 e. The summed E-state index contributed by atoms with van der Waals surface area (Å²) in [6.45, 7) is 0. The molecule has 16 heavy (non-hydrogen) atoms. The van der Waals surface area contributed by atoms with Gasteiger partial charge in [0, 0.05) is 10.9 Å². The second-order valence-corrected chi connectivity index (χ2v) is 4.82. The zero-order valence-corrected chi connectivity index (χ0v) is 10.6. The zero-order chi connectivity index (χ0) is 11.0. The van der Waals surface area contributed by atoms with E-state index in [0.29, 0.717) is 0 Å². The lowest BCUT2D eigenvalue weighted by atomic mass is 10.1. The van der Waals surface area contributed by atoms with E-state index in [1.165, 1.54) is 16.9 Å². The molecule has 6 heteroatoms. The first-order valence-corrected chi connectivity index (χ1v) is 6.63. The summed E-state index contributed by atoms with van der Waals surface area (Å²) >= 11 is 4.99. The van der Waals surface area contributed by atoms with E-state index in [-0.39, 0.29) is 0 Å². The molecule has 3 aromatic rings. The van der Waals surface area contributed by atoms with Gasteiger partial charge in [0.05, 0.1) is 0 Å². The van der Waals surface area contributed by atoms with Crippen LogP contribution < -0.4 is 0 Å². The van der Waals surface area contributed by atoms with Crippen molar-refractivity contribution >= 4 is 32.2 Å². The van der Waals surface area contributed by atoms with Crippen LogP contribution in [-0.2, 0) is 5.33 Å². The first kappa shape index (κ1) is 9.92. The highest BCUT2D eigenvalue weighted by atomic mass is 79.9. The van der Waals surface area contributed by atoms with Gasteiger partial charge >= 0.3 is 0 Å². The van der Waals surface area contributed by atoms with E-state index in [9.17, 15) is 0 Å². The standard InChI is InChI=1S/C10H7BrN4S/c11-5-7-2-1-3-8(4-7)9-14-15-6-12-13-10(15)16-9/h1-4,6H,5H2. The Morgan fingerprint density at radius 3 is 3.12 bits per heavy atom. The van der Waals surface area contributed by atoms with Crippen molar-refractivity contribution in [3.63, 3.8) is 0 Å². The van der Waals surface area contributed by atoms with Gasteiger partial charge in [-0.15, -0.1) is 10.2 Å². The van der Waals surface area contributed by atoms with Crippen molar-refractivity contribution in [2.24, 2.45) is 0 Å². The van der Waals surface area contributed by atoms with Crippen LogP contribution in [0.2, 0.25) is 0 Å². The molecule has 0 saturated heterocycles. The van der Waals surface area contributed by atoms with E-state index >= 15 is 0 Å². The Kier molecular flexibility index (Phi) is 2.45. The summed E-state index contributed by atoms with van der Waals surface area (Å²) in [7, 11) is 0. The molecule has 0 amide bonds. The summed E-state index contributed by atoms with van der Waals surface area (Å²) in [6, 6.07) is 8.30. The third-order valence-corrected chi connectivity index (χ3v) is 3.82. The first-order valence-electron chi connectivity index (χ1n) is 4.69. The second-order valence-electron chi connectivity index (χ2n) is 3.30. The molecule has 0 aliphatic heterocycles. The Labute approximate surface area is 104 Å². The number of halogens is 1. The van der Waals surface area contributed by atoms with E-state index in [4.69, 9.17) is 0 Å². The van der Waals surface area contributed by atoms with Gasteiger partial charge in [0.1, 0.15) is 11.3 Å². The molecule has 0 aliphatic carbocycles. The van der Waals surface area contributed by atoms with Gasteiger partial charge in [-0.05, 0) is 11.6 Å². The SMILES string of the molecule is BrCc1cccc(-c2nn3cnnc3s2)c1. The number of benzene rings is 1. The van der Waals surface area contributed by atoms with Crippen molar-refractivity contribution in [3.8, 4) is 10.6 Å². The van der Waals surface area contributed by atoms with Crippen LogP contribution in [0.15, 0.2) is 30.6 Å². The Balaban J connectivity index is 2.11. The summed E-state index contributed by atoms with van der Waals surface area (Å²) in [5, 5.41) is 14.0. The molecule has 3 rings (SSSR count). The number of aromatic nitrogens is 4. The third-order valence-electron chi connectivity index (χ3n) is 2.22. The summed E-state index contributed by atoms with van der Waals surface area (Å²) in [5.74, 6) is 0. The lowest BCUT2D eigenvalue weighted by molar-refractivity contribution is 0.959. The normalized spacial score (nSPS) is 11.1. The van der Waals surface area contributed by atoms with Gasteiger partial charge in [0.2, 0.25) is 4.96 Å². The molecule has 4 nitrogen and oxygen atoms in total. The number of fused-ring (bicyclic) bond motifs is 1.